The average Bonchev–Trinajstić information content (AvgIpc) is 2.70. The van der Waals surface area contributed by atoms with Gasteiger partial charge in [-0.3, -0.25) is 24.1 Å². The Balaban J connectivity index is 1.54. The first-order chi connectivity index (χ1) is 14.3. The van der Waals surface area contributed by atoms with Crippen molar-refractivity contribution in [3.05, 3.63) is 64.7 Å². The van der Waals surface area contributed by atoms with Crippen molar-refractivity contribution in [2.45, 2.75) is 39.7 Å². The lowest BCUT2D eigenvalue weighted by molar-refractivity contribution is -0.153. The minimum atomic E-state index is -1.01. The lowest BCUT2D eigenvalue weighted by Crippen LogP contribution is -2.43. The standard InChI is InChI=1S/C23H24N2O5/c1-14-8-9-15(2)19(12-14)24-22(28)16(3)30-21(27)10-11-25-20(26)13-17-6-4-5-7-18(17)23(25)29/h4-9,12,16H,10-11,13H2,1-3H3,(H,24,28)/t16-/m1/s1. The number of carbonyl (C=O) groups excluding carboxylic acids is 4. The number of esters is 1. The molecule has 0 bridgehead atoms. The predicted octanol–water partition coefficient (Wildman–Crippen LogP) is 2.79. The van der Waals surface area contributed by atoms with E-state index in [-0.39, 0.29) is 25.3 Å². The molecule has 0 saturated carbocycles. The highest BCUT2D eigenvalue weighted by Crippen LogP contribution is 2.20. The number of ether oxygens (including phenoxy) is 1. The summed E-state index contributed by atoms with van der Waals surface area (Å²) in [5, 5.41) is 2.75. The monoisotopic (exact) mass is 408 g/mol. The minimum absolute atomic E-state index is 0.0871. The summed E-state index contributed by atoms with van der Waals surface area (Å²) in [5.74, 6) is -1.88. The molecule has 0 fully saturated rings. The first-order valence-electron chi connectivity index (χ1n) is 9.76. The van der Waals surface area contributed by atoms with Crippen LogP contribution in [0.3, 0.4) is 0 Å². The third kappa shape index (κ3) is 4.74. The van der Waals surface area contributed by atoms with E-state index in [1.807, 2.05) is 32.0 Å². The Labute approximate surface area is 175 Å². The third-order valence-electron chi connectivity index (χ3n) is 5.00. The quantitative estimate of drug-likeness (QED) is 0.586. The van der Waals surface area contributed by atoms with Crippen LogP contribution in [0.5, 0.6) is 0 Å². The number of aryl methyl sites for hydroxylation is 2. The number of fused-ring (bicyclic) bond motifs is 1. The number of nitrogens with zero attached hydrogens (tertiary/aromatic N) is 1. The maximum absolute atomic E-state index is 12.5. The van der Waals surface area contributed by atoms with Crippen molar-refractivity contribution in [1.82, 2.24) is 4.90 Å². The molecule has 3 rings (SSSR count). The van der Waals surface area contributed by atoms with Crippen molar-refractivity contribution in [3.63, 3.8) is 0 Å². The molecule has 1 heterocycles. The maximum Gasteiger partial charge on any atom is 0.308 e. The number of hydrogen-bond donors (Lipinski definition) is 1. The summed E-state index contributed by atoms with van der Waals surface area (Å²) in [5.41, 5.74) is 3.70. The highest BCUT2D eigenvalue weighted by atomic mass is 16.5. The molecule has 0 radical (unpaired) electrons. The van der Waals surface area contributed by atoms with Crippen LogP contribution >= 0.6 is 0 Å². The van der Waals surface area contributed by atoms with Crippen LogP contribution in [0.1, 0.15) is 40.4 Å². The van der Waals surface area contributed by atoms with Gasteiger partial charge in [-0.1, -0.05) is 30.3 Å². The topological polar surface area (TPSA) is 92.8 Å². The number of rotatable bonds is 6. The van der Waals surface area contributed by atoms with E-state index in [4.69, 9.17) is 4.74 Å². The minimum Gasteiger partial charge on any atom is -0.452 e. The number of hydrogen-bond acceptors (Lipinski definition) is 5. The van der Waals surface area contributed by atoms with E-state index in [0.29, 0.717) is 16.8 Å². The molecule has 156 valence electrons. The van der Waals surface area contributed by atoms with Crippen molar-refractivity contribution >= 4 is 29.4 Å². The first-order valence-corrected chi connectivity index (χ1v) is 9.76. The molecule has 1 aliphatic heterocycles. The largest absolute Gasteiger partial charge is 0.452 e. The number of carbonyl (C=O) groups is 4. The van der Waals surface area contributed by atoms with E-state index in [1.54, 1.807) is 24.3 Å². The second-order valence-corrected chi connectivity index (χ2v) is 7.37. The van der Waals surface area contributed by atoms with Crippen molar-refractivity contribution in [1.29, 1.82) is 0 Å². The van der Waals surface area contributed by atoms with Crippen LogP contribution in [0, 0.1) is 13.8 Å². The maximum atomic E-state index is 12.5. The van der Waals surface area contributed by atoms with Crippen LogP contribution in [0.4, 0.5) is 5.69 Å². The van der Waals surface area contributed by atoms with Gasteiger partial charge < -0.3 is 10.1 Å². The molecule has 7 heteroatoms. The summed E-state index contributed by atoms with van der Waals surface area (Å²) in [4.78, 5) is 50.4. The average molecular weight is 408 g/mol. The van der Waals surface area contributed by atoms with Gasteiger partial charge in [-0.15, -0.1) is 0 Å². The smallest absolute Gasteiger partial charge is 0.308 e. The second kappa shape index (κ2) is 8.90. The number of nitrogens with one attached hydrogen (secondary N) is 1. The molecule has 1 aliphatic rings. The zero-order valence-corrected chi connectivity index (χ0v) is 17.2. The summed E-state index contributed by atoms with van der Waals surface area (Å²) >= 11 is 0. The fourth-order valence-corrected chi connectivity index (χ4v) is 3.24. The van der Waals surface area contributed by atoms with Gasteiger partial charge in [0.1, 0.15) is 0 Å². The van der Waals surface area contributed by atoms with Crippen LogP contribution in [0.25, 0.3) is 0 Å². The molecule has 3 amide bonds. The van der Waals surface area contributed by atoms with Crippen molar-refractivity contribution in [2.24, 2.45) is 0 Å². The van der Waals surface area contributed by atoms with Crippen LogP contribution in [0.2, 0.25) is 0 Å². The Kier molecular flexibility index (Phi) is 6.30. The van der Waals surface area contributed by atoms with Gasteiger partial charge in [0.15, 0.2) is 6.10 Å². The van der Waals surface area contributed by atoms with Crippen molar-refractivity contribution < 1.29 is 23.9 Å². The fraction of sp³-hybridized carbons (Fsp3) is 0.304. The molecule has 0 saturated heterocycles. The molecular weight excluding hydrogens is 384 g/mol. The van der Waals surface area contributed by atoms with Gasteiger partial charge in [0.25, 0.3) is 11.8 Å². The highest BCUT2D eigenvalue weighted by Gasteiger charge is 2.31. The Bertz CT molecular complexity index is 1010. The SMILES string of the molecule is Cc1ccc(C)c(NC(=O)[C@@H](C)OC(=O)CCN2C(=O)Cc3ccccc3C2=O)c1. The van der Waals surface area contributed by atoms with Gasteiger partial charge in [-0.05, 0) is 49.6 Å². The van der Waals surface area contributed by atoms with Gasteiger partial charge in [0, 0.05) is 17.8 Å². The number of imide groups is 1. The number of amides is 3. The Morgan fingerprint density at radius 3 is 2.63 bits per heavy atom. The van der Waals surface area contributed by atoms with Gasteiger partial charge in [-0.2, -0.15) is 0 Å². The normalized spacial score (nSPS) is 14.2. The van der Waals surface area contributed by atoms with Crippen LogP contribution in [0.15, 0.2) is 42.5 Å². The first kappa shape index (κ1) is 21.2. The Hall–Kier alpha value is -3.48. The fourth-order valence-electron chi connectivity index (χ4n) is 3.24. The zero-order chi connectivity index (χ0) is 21.8. The molecule has 0 aliphatic carbocycles. The molecule has 2 aromatic carbocycles. The molecule has 2 aromatic rings. The second-order valence-electron chi connectivity index (χ2n) is 7.37. The Morgan fingerprint density at radius 2 is 1.87 bits per heavy atom. The van der Waals surface area contributed by atoms with Gasteiger partial charge in [0.2, 0.25) is 5.91 Å². The van der Waals surface area contributed by atoms with E-state index in [9.17, 15) is 19.2 Å². The molecule has 0 unspecified atom stereocenters. The van der Waals surface area contributed by atoms with Crippen molar-refractivity contribution in [3.8, 4) is 0 Å². The molecule has 1 atom stereocenters. The van der Waals surface area contributed by atoms with Gasteiger partial charge >= 0.3 is 5.97 Å². The molecule has 0 aromatic heterocycles. The summed E-state index contributed by atoms with van der Waals surface area (Å²) in [6.07, 6.45) is -1.07. The summed E-state index contributed by atoms with van der Waals surface area (Å²) in [6.45, 7) is 5.18. The molecule has 30 heavy (non-hydrogen) atoms. The summed E-state index contributed by atoms with van der Waals surface area (Å²) < 4.78 is 5.19. The lowest BCUT2D eigenvalue weighted by Gasteiger charge is -2.26. The number of benzene rings is 2. The van der Waals surface area contributed by atoms with Gasteiger partial charge in [0.05, 0.1) is 12.8 Å². The highest BCUT2D eigenvalue weighted by molar-refractivity contribution is 6.09. The van der Waals surface area contributed by atoms with Gasteiger partial charge in [-0.25, -0.2) is 0 Å². The summed E-state index contributed by atoms with van der Waals surface area (Å²) in [7, 11) is 0. The molecular formula is C23H24N2O5. The predicted molar refractivity (Wildman–Crippen MR) is 111 cm³/mol. The van der Waals surface area contributed by atoms with Crippen LogP contribution in [-0.4, -0.2) is 41.2 Å². The molecule has 1 N–H and O–H groups in total. The van der Waals surface area contributed by atoms with Crippen LogP contribution in [-0.2, 0) is 25.5 Å². The van der Waals surface area contributed by atoms with Crippen molar-refractivity contribution in [2.75, 3.05) is 11.9 Å². The van der Waals surface area contributed by atoms with E-state index in [1.165, 1.54) is 6.92 Å². The Morgan fingerprint density at radius 1 is 1.13 bits per heavy atom. The van der Waals surface area contributed by atoms with E-state index in [0.717, 1.165) is 16.0 Å². The van der Waals surface area contributed by atoms with E-state index in [2.05, 4.69) is 5.32 Å². The summed E-state index contributed by atoms with van der Waals surface area (Å²) in [6, 6.07) is 12.6. The van der Waals surface area contributed by atoms with Crippen LogP contribution < -0.4 is 5.32 Å². The number of anilines is 1. The van der Waals surface area contributed by atoms with E-state index >= 15 is 0 Å². The molecule has 7 nitrogen and oxygen atoms in total. The lowest BCUT2D eigenvalue weighted by atomic mass is 9.98. The third-order valence-corrected chi connectivity index (χ3v) is 5.00. The molecule has 0 spiro atoms. The van der Waals surface area contributed by atoms with E-state index < -0.39 is 23.9 Å². The zero-order valence-electron chi connectivity index (χ0n) is 17.2.